The van der Waals surface area contributed by atoms with Crippen molar-refractivity contribution in [1.29, 1.82) is 0 Å². The molecule has 7 nitrogen and oxygen atoms in total. The lowest BCUT2D eigenvalue weighted by atomic mass is 9.97. The molecule has 1 aliphatic heterocycles. The van der Waals surface area contributed by atoms with Crippen LogP contribution in [-0.2, 0) is 0 Å². The Morgan fingerprint density at radius 1 is 1.35 bits per heavy atom. The lowest BCUT2D eigenvalue weighted by Crippen LogP contribution is -2.44. The summed E-state index contributed by atoms with van der Waals surface area (Å²) in [6, 6.07) is 10.5. The van der Waals surface area contributed by atoms with Gasteiger partial charge in [-0.25, -0.2) is 0 Å². The number of piperidine rings is 1. The van der Waals surface area contributed by atoms with Crippen molar-refractivity contribution >= 4 is 29.0 Å². The minimum absolute atomic E-state index is 0.0536. The third-order valence-electron chi connectivity index (χ3n) is 4.21. The first-order valence-electron chi connectivity index (χ1n) is 8.38. The number of carbonyl (C=O) groups excluding carboxylic acids is 1. The summed E-state index contributed by atoms with van der Waals surface area (Å²) in [7, 11) is 0. The summed E-state index contributed by atoms with van der Waals surface area (Å²) in [5.74, 6) is 1.24. The van der Waals surface area contributed by atoms with E-state index >= 15 is 0 Å². The molecule has 26 heavy (non-hydrogen) atoms. The summed E-state index contributed by atoms with van der Waals surface area (Å²) in [6.45, 7) is 2.97. The van der Waals surface area contributed by atoms with E-state index in [0.717, 1.165) is 12.8 Å². The highest BCUT2D eigenvalue weighted by Gasteiger charge is 2.28. The zero-order valence-electron chi connectivity index (χ0n) is 14.4. The lowest BCUT2D eigenvalue weighted by molar-refractivity contribution is 0.0669. The molecule has 0 spiro atoms. The van der Waals surface area contributed by atoms with Crippen LogP contribution in [0.15, 0.2) is 56.3 Å². The van der Waals surface area contributed by atoms with Crippen LogP contribution in [0.4, 0.5) is 5.69 Å². The van der Waals surface area contributed by atoms with Gasteiger partial charge in [0.1, 0.15) is 11.6 Å². The van der Waals surface area contributed by atoms with Crippen molar-refractivity contribution in [3.05, 3.63) is 52.9 Å². The topological polar surface area (TPSA) is 96.5 Å². The fourth-order valence-electron chi connectivity index (χ4n) is 2.85. The predicted molar refractivity (Wildman–Crippen MR) is 99.7 cm³/mol. The van der Waals surface area contributed by atoms with Crippen molar-refractivity contribution in [3.63, 3.8) is 0 Å². The fourth-order valence-corrected chi connectivity index (χ4v) is 3.04. The number of furan rings is 1. The molecule has 136 valence electrons. The van der Waals surface area contributed by atoms with Gasteiger partial charge in [-0.1, -0.05) is 17.7 Å². The van der Waals surface area contributed by atoms with E-state index < -0.39 is 0 Å². The van der Waals surface area contributed by atoms with Crippen LogP contribution < -0.4 is 5.73 Å². The van der Waals surface area contributed by atoms with Gasteiger partial charge in [0.15, 0.2) is 5.76 Å². The first-order valence-corrected chi connectivity index (χ1v) is 8.76. The van der Waals surface area contributed by atoms with Gasteiger partial charge in [-0.3, -0.25) is 4.79 Å². The zero-order chi connectivity index (χ0) is 18.5. The minimum atomic E-state index is -0.129. The summed E-state index contributed by atoms with van der Waals surface area (Å²) >= 11 is 5.90. The number of nitrogens with two attached hydrogens (primary N) is 1. The van der Waals surface area contributed by atoms with Gasteiger partial charge >= 0.3 is 0 Å². The number of amides is 1. The van der Waals surface area contributed by atoms with E-state index in [1.165, 1.54) is 0 Å². The Labute approximate surface area is 156 Å². The van der Waals surface area contributed by atoms with Crippen molar-refractivity contribution in [2.24, 2.45) is 27.1 Å². The molecule has 2 heterocycles. The number of carbonyl (C=O) groups is 1. The first kappa shape index (κ1) is 18.1. The number of hydrogen-bond donors (Lipinski definition) is 1. The molecule has 0 bridgehead atoms. The van der Waals surface area contributed by atoms with Crippen LogP contribution in [0, 0.1) is 12.8 Å². The average molecular weight is 374 g/mol. The molecule has 8 heteroatoms. The quantitative estimate of drug-likeness (QED) is 0.377. The molecule has 1 atom stereocenters. The Hall–Kier alpha value is -2.67. The maximum atomic E-state index is 12.5. The molecule has 1 fully saturated rings. The molecule has 2 aromatic rings. The maximum absolute atomic E-state index is 12.5. The number of benzene rings is 1. The second-order valence-electron chi connectivity index (χ2n) is 6.19. The van der Waals surface area contributed by atoms with E-state index in [9.17, 15) is 4.79 Å². The Morgan fingerprint density at radius 2 is 2.19 bits per heavy atom. The molecule has 1 amide bonds. The Morgan fingerprint density at radius 3 is 2.92 bits per heavy atom. The van der Waals surface area contributed by atoms with Crippen molar-refractivity contribution in [2.75, 3.05) is 13.1 Å². The Kier molecular flexibility index (Phi) is 5.68. The van der Waals surface area contributed by atoms with E-state index in [1.54, 1.807) is 41.3 Å². The summed E-state index contributed by atoms with van der Waals surface area (Å²) in [6.07, 6.45) is 1.70. The lowest BCUT2D eigenvalue weighted by Gasteiger charge is -2.31. The summed E-state index contributed by atoms with van der Waals surface area (Å²) in [5.41, 5.74) is 6.66. The van der Waals surface area contributed by atoms with Crippen LogP contribution in [0.25, 0.3) is 0 Å². The van der Waals surface area contributed by atoms with Crippen molar-refractivity contribution in [1.82, 2.24) is 4.90 Å². The van der Waals surface area contributed by atoms with Gasteiger partial charge in [0.25, 0.3) is 5.91 Å². The normalized spacial score (nSPS) is 18.5. The van der Waals surface area contributed by atoms with Gasteiger partial charge < -0.3 is 15.1 Å². The number of rotatable bonds is 4. The number of nitrogens with zero attached hydrogens (tertiary/aromatic N) is 4. The molecule has 1 aromatic carbocycles. The standard InChI is InChI=1S/C18H20ClN5O2/c1-12-7-8-16(26-12)18(25)24-9-3-4-13(11-24)17(20)22-23-21-15-6-2-5-14(19)10-15/h2,5-8,10,13H,3-4,9,11H2,1H3,(H2,20,21,22). The molecule has 0 radical (unpaired) electrons. The largest absolute Gasteiger partial charge is 0.456 e. The highest BCUT2D eigenvalue weighted by atomic mass is 35.5. The van der Waals surface area contributed by atoms with Crippen LogP contribution in [0.3, 0.4) is 0 Å². The summed E-state index contributed by atoms with van der Waals surface area (Å²) in [5, 5.41) is 12.3. The zero-order valence-corrected chi connectivity index (χ0v) is 15.2. The third kappa shape index (κ3) is 4.49. The van der Waals surface area contributed by atoms with Crippen LogP contribution in [0.1, 0.15) is 29.2 Å². The number of aryl methyl sites for hydroxylation is 1. The van der Waals surface area contributed by atoms with Gasteiger partial charge in [0, 0.05) is 24.0 Å². The molecule has 1 aromatic heterocycles. The average Bonchev–Trinajstić information content (AvgIpc) is 3.07. The number of likely N-dealkylation sites (tertiary alicyclic amines) is 1. The summed E-state index contributed by atoms with van der Waals surface area (Å²) < 4.78 is 5.42. The molecule has 2 N–H and O–H groups in total. The van der Waals surface area contributed by atoms with Crippen LogP contribution >= 0.6 is 11.6 Å². The second-order valence-corrected chi connectivity index (χ2v) is 6.63. The van der Waals surface area contributed by atoms with E-state index in [-0.39, 0.29) is 11.8 Å². The molecule has 1 unspecified atom stereocenters. The van der Waals surface area contributed by atoms with Crippen molar-refractivity contribution in [2.45, 2.75) is 19.8 Å². The van der Waals surface area contributed by atoms with Gasteiger partial charge in [0.2, 0.25) is 0 Å². The van der Waals surface area contributed by atoms with Gasteiger partial charge in [-0.15, -0.1) is 10.2 Å². The number of halogens is 1. The molecular weight excluding hydrogens is 354 g/mol. The molecular formula is C18H20ClN5O2. The Bertz CT molecular complexity index is 846. The van der Waals surface area contributed by atoms with Gasteiger partial charge in [0.05, 0.1) is 5.69 Å². The number of hydrogen-bond acceptors (Lipinski definition) is 4. The third-order valence-corrected chi connectivity index (χ3v) is 4.44. The van der Waals surface area contributed by atoms with Gasteiger partial charge in [-0.2, -0.15) is 0 Å². The van der Waals surface area contributed by atoms with Crippen molar-refractivity contribution in [3.8, 4) is 0 Å². The maximum Gasteiger partial charge on any atom is 0.289 e. The highest BCUT2D eigenvalue weighted by molar-refractivity contribution is 6.30. The molecule has 0 saturated carbocycles. The summed E-state index contributed by atoms with van der Waals surface area (Å²) in [4.78, 5) is 14.2. The van der Waals surface area contributed by atoms with E-state index in [1.807, 2.05) is 6.92 Å². The molecule has 1 aliphatic rings. The monoisotopic (exact) mass is 373 g/mol. The second kappa shape index (κ2) is 8.14. The number of amidine groups is 1. The first-order chi connectivity index (χ1) is 12.5. The molecule has 0 aliphatic carbocycles. The fraction of sp³-hybridized carbons (Fsp3) is 0.333. The van der Waals surface area contributed by atoms with E-state index in [2.05, 4.69) is 15.4 Å². The van der Waals surface area contributed by atoms with E-state index in [0.29, 0.717) is 41.2 Å². The van der Waals surface area contributed by atoms with Gasteiger partial charge in [-0.05, 0) is 55.3 Å². The Balaban J connectivity index is 1.63. The highest BCUT2D eigenvalue weighted by Crippen LogP contribution is 2.21. The van der Waals surface area contributed by atoms with E-state index in [4.69, 9.17) is 21.8 Å². The van der Waals surface area contributed by atoms with Crippen molar-refractivity contribution < 1.29 is 9.21 Å². The molecule has 1 saturated heterocycles. The van der Waals surface area contributed by atoms with Crippen LogP contribution in [0.5, 0.6) is 0 Å². The predicted octanol–water partition coefficient (Wildman–Crippen LogP) is 4.15. The van der Waals surface area contributed by atoms with Crippen LogP contribution in [-0.4, -0.2) is 29.7 Å². The molecule has 3 rings (SSSR count). The SMILES string of the molecule is Cc1ccc(C(=O)N2CCCC(C(N)=NN=Nc3cccc(Cl)c3)C2)o1. The smallest absolute Gasteiger partial charge is 0.289 e. The minimum Gasteiger partial charge on any atom is -0.456 e. The van der Waals surface area contributed by atoms with Crippen LogP contribution in [0.2, 0.25) is 5.02 Å².